The predicted molar refractivity (Wildman–Crippen MR) is 132 cm³/mol. The molecule has 166 valence electrons. The molecule has 0 spiro atoms. The molecular formula is C28H27N3O2. The quantitative estimate of drug-likeness (QED) is 0.317. The van der Waals surface area contributed by atoms with Crippen LogP contribution in [0.1, 0.15) is 28.8 Å². The van der Waals surface area contributed by atoms with Crippen LogP contribution in [0.3, 0.4) is 0 Å². The summed E-state index contributed by atoms with van der Waals surface area (Å²) in [5, 5.41) is 6.10. The van der Waals surface area contributed by atoms with Crippen LogP contribution in [0, 0.1) is 0 Å². The van der Waals surface area contributed by atoms with E-state index in [0.717, 1.165) is 49.1 Å². The van der Waals surface area contributed by atoms with Gasteiger partial charge in [-0.3, -0.25) is 9.88 Å². The maximum absolute atomic E-state index is 12.6. The third-order valence-electron chi connectivity index (χ3n) is 6.07. The fraction of sp³-hybridized carbons (Fsp3) is 0.214. The Morgan fingerprint density at radius 3 is 2.82 bits per heavy atom. The van der Waals surface area contributed by atoms with Crippen LogP contribution in [0.15, 0.2) is 91.3 Å². The Labute approximate surface area is 194 Å². The Hall–Kier alpha value is -3.70. The SMILES string of the molecule is O=C(Oc1ccccc1)c1cccc(CN2CCCC(Nc3cccc4cnccc34)C2)c1. The van der Waals surface area contributed by atoms with E-state index in [9.17, 15) is 4.79 Å². The average molecular weight is 438 g/mol. The number of para-hydroxylation sites is 1. The first kappa shape index (κ1) is 21.2. The van der Waals surface area contributed by atoms with Crippen LogP contribution >= 0.6 is 0 Å². The van der Waals surface area contributed by atoms with E-state index in [1.165, 1.54) is 5.39 Å². The second kappa shape index (κ2) is 9.84. The number of hydrogen-bond acceptors (Lipinski definition) is 5. The number of piperidine rings is 1. The molecule has 1 atom stereocenters. The van der Waals surface area contributed by atoms with Crippen molar-refractivity contribution in [2.24, 2.45) is 0 Å². The summed E-state index contributed by atoms with van der Waals surface area (Å²) in [5.74, 6) is 0.230. The molecule has 0 radical (unpaired) electrons. The molecule has 1 aliphatic heterocycles. The number of carbonyl (C=O) groups excluding carboxylic acids is 1. The molecule has 1 unspecified atom stereocenters. The van der Waals surface area contributed by atoms with Gasteiger partial charge in [0.2, 0.25) is 0 Å². The molecule has 1 fully saturated rings. The van der Waals surface area contributed by atoms with Crippen LogP contribution in [-0.2, 0) is 6.54 Å². The van der Waals surface area contributed by atoms with Crippen molar-refractivity contribution in [3.05, 3.63) is 102 Å². The topological polar surface area (TPSA) is 54.5 Å². The van der Waals surface area contributed by atoms with Gasteiger partial charge in [-0.15, -0.1) is 0 Å². The van der Waals surface area contributed by atoms with E-state index in [1.807, 2.05) is 48.8 Å². The van der Waals surface area contributed by atoms with Gasteiger partial charge < -0.3 is 10.1 Å². The van der Waals surface area contributed by atoms with Gasteiger partial charge in [0.1, 0.15) is 5.75 Å². The highest BCUT2D eigenvalue weighted by atomic mass is 16.5. The Kier molecular flexibility index (Phi) is 6.31. The number of hydrogen-bond donors (Lipinski definition) is 1. The zero-order valence-electron chi connectivity index (χ0n) is 18.5. The minimum absolute atomic E-state index is 0.327. The molecule has 5 heteroatoms. The molecule has 0 saturated carbocycles. The maximum atomic E-state index is 12.6. The third-order valence-corrected chi connectivity index (χ3v) is 6.07. The van der Waals surface area contributed by atoms with Crippen molar-refractivity contribution in [1.82, 2.24) is 9.88 Å². The van der Waals surface area contributed by atoms with E-state index in [0.29, 0.717) is 17.4 Å². The summed E-state index contributed by atoms with van der Waals surface area (Å²) in [6.45, 7) is 2.82. The summed E-state index contributed by atoms with van der Waals surface area (Å²) in [6, 6.07) is 25.7. The highest BCUT2D eigenvalue weighted by Crippen LogP contribution is 2.25. The van der Waals surface area contributed by atoms with Gasteiger partial charge in [0.05, 0.1) is 5.56 Å². The first-order chi connectivity index (χ1) is 16.2. The molecule has 2 heterocycles. The van der Waals surface area contributed by atoms with Crippen LogP contribution < -0.4 is 10.1 Å². The number of ether oxygens (including phenoxy) is 1. The number of benzene rings is 3. The largest absolute Gasteiger partial charge is 0.423 e. The first-order valence-corrected chi connectivity index (χ1v) is 11.4. The number of esters is 1. The van der Waals surface area contributed by atoms with Crippen LogP contribution in [0.4, 0.5) is 5.69 Å². The second-order valence-electron chi connectivity index (χ2n) is 8.52. The molecule has 1 saturated heterocycles. The van der Waals surface area contributed by atoms with Crippen LogP contribution in [0.25, 0.3) is 10.8 Å². The first-order valence-electron chi connectivity index (χ1n) is 11.4. The standard InChI is InChI=1S/C28H27N3O2/c32-28(33-25-11-2-1-3-12-25)22-8-4-7-21(17-22)19-31-16-6-10-24(20-31)30-27-13-5-9-23-18-29-15-14-26(23)27/h1-5,7-9,11-15,17-18,24,30H,6,10,16,19-20H2. The van der Waals surface area contributed by atoms with Crippen molar-refractivity contribution >= 4 is 22.4 Å². The Morgan fingerprint density at radius 1 is 1.03 bits per heavy atom. The van der Waals surface area contributed by atoms with Crippen molar-refractivity contribution < 1.29 is 9.53 Å². The lowest BCUT2D eigenvalue weighted by atomic mass is 10.0. The van der Waals surface area contributed by atoms with Gasteiger partial charge in [0.25, 0.3) is 0 Å². The summed E-state index contributed by atoms with van der Waals surface area (Å²) in [6.07, 6.45) is 6.03. The number of anilines is 1. The van der Waals surface area contributed by atoms with Gasteiger partial charge in [-0.25, -0.2) is 4.79 Å². The van der Waals surface area contributed by atoms with Crippen molar-refractivity contribution in [2.45, 2.75) is 25.4 Å². The minimum Gasteiger partial charge on any atom is -0.423 e. The lowest BCUT2D eigenvalue weighted by molar-refractivity contribution is 0.0734. The number of nitrogens with zero attached hydrogens (tertiary/aromatic N) is 2. The molecule has 5 nitrogen and oxygen atoms in total. The lowest BCUT2D eigenvalue weighted by Crippen LogP contribution is -2.41. The Morgan fingerprint density at radius 2 is 1.91 bits per heavy atom. The summed E-state index contributed by atoms with van der Waals surface area (Å²) < 4.78 is 5.50. The number of nitrogens with one attached hydrogen (secondary N) is 1. The Balaban J connectivity index is 1.23. The number of pyridine rings is 1. The van der Waals surface area contributed by atoms with Crippen LogP contribution in [0.2, 0.25) is 0 Å². The molecule has 0 bridgehead atoms. The highest BCUT2D eigenvalue weighted by molar-refractivity contribution is 5.93. The van der Waals surface area contributed by atoms with Gasteiger partial charge in [0, 0.05) is 48.0 Å². The molecule has 0 amide bonds. The average Bonchev–Trinajstić information content (AvgIpc) is 2.85. The number of rotatable bonds is 6. The van der Waals surface area contributed by atoms with Gasteiger partial charge in [-0.2, -0.15) is 0 Å². The third kappa shape index (κ3) is 5.21. The van der Waals surface area contributed by atoms with Gasteiger partial charge >= 0.3 is 5.97 Å². The van der Waals surface area contributed by atoms with Crippen molar-refractivity contribution in [3.8, 4) is 5.75 Å². The molecule has 1 N–H and O–H groups in total. The molecule has 33 heavy (non-hydrogen) atoms. The van der Waals surface area contributed by atoms with Crippen molar-refractivity contribution in [1.29, 1.82) is 0 Å². The Bertz CT molecular complexity index is 1240. The fourth-order valence-corrected chi connectivity index (χ4v) is 4.49. The zero-order chi connectivity index (χ0) is 22.5. The summed E-state index contributed by atoms with van der Waals surface area (Å²) in [7, 11) is 0. The normalized spacial score (nSPS) is 16.4. The van der Waals surface area contributed by atoms with Crippen LogP contribution in [0.5, 0.6) is 5.75 Å². The lowest BCUT2D eigenvalue weighted by Gasteiger charge is -2.34. The van der Waals surface area contributed by atoms with E-state index in [4.69, 9.17) is 4.74 Å². The molecule has 1 aromatic heterocycles. The number of carbonyl (C=O) groups is 1. The van der Waals surface area contributed by atoms with Crippen molar-refractivity contribution in [3.63, 3.8) is 0 Å². The molecule has 4 aromatic rings. The number of aromatic nitrogens is 1. The van der Waals surface area contributed by atoms with E-state index in [2.05, 4.69) is 45.5 Å². The van der Waals surface area contributed by atoms with Gasteiger partial charge in [0.15, 0.2) is 0 Å². The van der Waals surface area contributed by atoms with Crippen molar-refractivity contribution in [2.75, 3.05) is 18.4 Å². The van der Waals surface area contributed by atoms with E-state index < -0.39 is 0 Å². The van der Waals surface area contributed by atoms with E-state index in [-0.39, 0.29) is 5.97 Å². The summed E-state index contributed by atoms with van der Waals surface area (Å²) >= 11 is 0. The number of fused-ring (bicyclic) bond motifs is 1. The molecule has 5 rings (SSSR count). The van der Waals surface area contributed by atoms with Gasteiger partial charge in [-0.1, -0.05) is 42.5 Å². The predicted octanol–water partition coefficient (Wildman–Crippen LogP) is 5.53. The molecular weight excluding hydrogens is 410 g/mol. The monoisotopic (exact) mass is 437 g/mol. The molecule has 1 aliphatic rings. The molecule has 0 aliphatic carbocycles. The summed E-state index contributed by atoms with van der Waals surface area (Å²) in [5.41, 5.74) is 2.86. The summed E-state index contributed by atoms with van der Waals surface area (Å²) in [4.78, 5) is 19.3. The molecule has 3 aromatic carbocycles. The number of likely N-dealkylation sites (tertiary alicyclic amines) is 1. The van der Waals surface area contributed by atoms with Crippen LogP contribution in [-0.4, -0.2) is 35.0 Å². The second-order valence-corrected chi connectivity index (χ2v) is 8.52. The van der Waals surface area contributed by atoms with Gasteiger partial charge in [-0.05, 0) is 61.3 Å². The fourth-order valence-electron chi connectivity index (χ4n) is 4.49. The van der Waals surface area contributed by atoms with E-state index >= 15 is 0 Å². The maximum Gasteiger partial charge on any atom is 0.343 e. The zero-order valence-corrected chi connectivity index (χ0v) is 18.5. The highest BCUT2D eigenvalue weighted by Gasteiger charge is 2.21. The van der Waals surface area contributed by atoms with E-state index in [1.54, 1.807) is 12.1 Å². The minimum atomic E-state index is -0.327. The smallest absolute Gasteiger partial charge is 0.343 e.